The van der Waals surface area contributed by atoms with E-state index in [0.717, 1.165) is 32.1 Å². The molecule has 2 atom stereocenters. The molecule has 2 fully saturated rings. The van der Waals surface area contributed by atoms with Gasteiger partial charge in [0.25, 0.3) is 0 Å². The number of carbonyl (C=O) groups excluding carboxylic acids is 1. The number of carbonyl (C=O) groups is 1. The minimum absolute atomic E-state index is 0.0361. The predicted molar refractivity (Wildman–Crippen MR) is 99.0 cm³/mol. The van der Waals surface area contributed by atoms with Crippen molar-refractivity contribution in [2.75, 3.05) is 26.4 Å². The number of rotatable bonds is 6. The molecule has 5 heteroatoms. The number of alkyl halides is 1. The molecule has 1 aromatic carbocycles. The second kappa shape index (κ2) is 9.36. The quantitative estimate of drug-likeness (QED) is 0.744. The van der Waals surface area contributed by atoms with Crippen molar-refractivity contribution in [3.63, 3.8) is 0 Å². The summed E-state index contributed by atoms with van der Waals surface area (Å²) in [5.41, 5.74) is 1.43. The maximum absolute atomic E-state index is 12.2. The van der Waals surface area contributed by atoms with Gasteiger partial charge in [-0.1, -0.05) is 37.3 Å². The Labute approximate surface area is 155 Å². The van der Waals surface area contributed by atoms with E-state index in [0.29, 0.717) is 25.0 Å². The van der Waals surface area contributed by atoms with Crippen molar-refractivity contribution in [2.45, 2.75) is 57.1 Å². The first kappa shape index (κ1) is 19.2. The Kier molecular flexibility index (Phi) is 6.89. The summed E-state index contributed by atoms with van der Waals surface area (Å²) in [6, 6.07) is 10.7. The van der Waals surface area contributed by atoms with Crippen LogP contribution in [-0.4, -0.2) is 49.6 Å². The topological polar surface area (TPSA) is 38.8 Å². The molecule has 0 radical (unpaired) electrons. The third-order valence-corrected chi connectivity index (χ3v) is 5.87. The second-order valence-corrected chi connectivity index (χ2v) is 7.55. The molecule has 1 aliphatic heterocycles. The van der Waals surface area contributed by atoms with Crippen LogP contribution in [0.4, 0.5) is 9.18 Å². The van der Waals surface area contributed by atoms with Gasteiger partial charge in [0, 0.05) is 6.54 Å². The van der Waals surface area contributed by atoms with Crippen LogP contribution >= 0.6 is 0 Å². The molecule has 1 heterocycles. The lowest BCUT2D eigenvalue weighted by molar-refractivity contribution is -0.0102. The zero-order chi connectivity index (χ0) is 18.4. The van der Waals surface area contributed by atoms with Crippen LogP contribution in [-0.2, 0) is 9.47 Å². The van der Waals surface area contributed by atoms with Gasteiger partial charge in [0.2, 0.25) is 0 Å². The van der Waals surface area contributed by atoms with Gasteiger partial charge in [-0.15, -0.1) is 0 Å². The molecule has 1 amide bonds. The molecule has 0 spiro atoms. The number of likely N-dealkylation sites (tertiary alicyclic amines) is 1. The summed E-state index contributed by atoms with van der Waals surface area (Å²) in [6.45, 7) is 2.55. The number of benzene rings is 1. The van der Waals surface area contributed by atoms with Crippen LogP contribution in [0, 0.1) is 5.92 Å². The normalized spacial score (nSPS) is 28.9. The van der Waals surface area contributed by atoms with Crippen molar-refractivity contribution in [3.8, 4) is 0 Å². The Morgan fingerprint density at radius 3 is 2.58 bits per heavy atom. The second-order valence-electron chi connectivity index (χ2n) is 7.55. The van der Waals surface area contributed by atoms with Crippen molar-refractivity contribution < 1.29 is 18.7 Å². The van der Waals surface area contributed by atoms with Gasteiger partial charge in [-0.05, 0) is 49.5 Å². The molecule has 0 unspecified atom stereocenters. The highest BCUT2D eigenvalue weighted by Gasteiger charge is 2.36. The Bertz CT molecular complexity index is 560. The SMILES string of the molecule is C[C@H]1CCN(C(=O)OCCF)[C@H]1CO[C@H]1CC[C@@H](c2ccccc2)CC1. The first-order valence-electron chi connectivity index (χ1n) is 9.85. The monoisotopic (exact) mass is 363 g/mol. The zero-order valence-corrected chi connectivity index (χ0v) is 15.6. The molecule has 0 aromatic heterocycles. The lowest BCUT2D eigenvalue weighted by Gasteiger charge is -2.32. The minimum atomic E-state index is -0.638. The highest BCUT2D eigenvalue weighted by molar-refractivity contribution is 5.68. The van der Waals surface area contributed by atoms with Crippen LogP contribution in [0.5, 0.6) is 0 Å². The molecule has 0 N–H and O–H groups in total. The highest BCUT2D eigenvalue weighted by Crippen LogP contribution is 2.34. The summed E-state index contributed by atoms with van der Waals surface area (Å²) in [6.07, 6.45) is 5.23. The molecule has 0 bridgehead atoms. The molecule has 2 aliphatic rings. The van der Waals surface area contributed by atoms with Crippen molar-refractivity contribution in [1.29, 1.82) is 0 Å². The van der Waals surface area contributed by atoms with Crippen molar-refractivity contribution in [2.24, 2.45) is 5.92 Å². The summed E-state index contributed by atoms with van der Waals surface area (Å²) in [5.74, 6) is 1.02. The van der Waals surface area contributed by atoms with Gasteiger partial charge < -0.3 is 14.4 Å². The van der Waals surface area contributed by atoms with Gasteiger partial charge >= 0.3 is 6.09 Å². The summed E-state index contributed by atoms with van der Waals surface area (Å²) in [7, 11) is 0. The summed E-state index contributed by atoms with van der Waals surface area (Å²) in [4.78, 5) is 13.8. The van der Waals surface area contributed by atoms with Crippen molar-refractivity contribution in [1.82, 2.24) is 4.90 Å². The molecule has 1 saturated carbocycles. The van der Waals surface area contributed by atoms with Gasteiger partial charge in [0.15, 0.2) is 0 Å². The average molecular weight is 363 g/mol. The first-order valence-corrected chi connectivity index (χ1v) is 9.85. The predicted octanol–water partition coefficient (Wildman–Crippen LogP) is 4.55. The van der Waals surface area contributed by atoms with E-state index in [1.165, 1.54) is 5.56 Å². The Morgan fingerprint density at radius 1 is 1.15 bits per heavy atom. The number of halogens is 1. The minimum Gasteiger partial charge on any atom is -0.447 e. The number of hydrogen-bond acceptors (Lipinski definition) is 3. The Hall–Kier alpha value is -1.62. The van der Waals surface area contributed by atoms with Crippen LogP contribution in [0.3, 0.4) is 0 Å². The maximum Gasteiger partial charge on any atom is 0.410 e. The summed E-state index contributed by atoms with van der Waals surface area (Å²) >= 11 is 0. The zero-order valence-electron chi connectivity index (χ0n) is 15.6. The van der Waals surface area contributed by atoms with Crippen LogP contribution in [0.15, 0.2) is 30.3 Å². The lowest BCUT2D eigenvalue weighted by atomic mass is 9.83. The Balaban J connectivity index is 1.45. The third-order valence-electron chi connectivity index (χ3n) is 5.87. The lowest BCUT2D eigenvalue weighted by Crippen LogP contribution is -2.42. The fraction of sp³-hybridized carbons (Fsp3) is 0.667. The van der Waals surface area contributed by atoms with E-state index in [9.17, 15) is 9.18 Å². The summed E-state index contributed by atoms with van der Waals surface area (Å²) < 4.78 is 23.4. The number of hydrogen-bond donors (Lipinski definition) is 0. The fourth-order valence-electron chi connectivity index (χ4n) is 4.22. The number of amides is 1. The smallest absolute Gasteiger partial charge is 0.410 e. The molecule has 4 nitrogen and oxygen atoms in total. The first-order chi connectivity index (χ1) is 12.7. The van der Waals surface area contributed by atoms with E-state index in [1.54, 1.807) is 4.90 Å². The highest BCUT2D eigenvalue weighted by atomic mass is 19.1. The van der Waals surface area contributed by atoms with Crippen LogP contribution in [0.1, 0.15) is 50.5 Å². The van der Waals surface area contributed by atoms with E-state index in [-0.39, 0.29) is 18.8 Å². The molecule has 26 heavy (non-hydrogen) atoms. The van der Waals surface area contributed by atoms with E-state index >= 15 is 0 Å². The van der Waals surface area contributed by atoms with Gasteiger partial charge in [0.1, 0.15) is 13.3 Å². The molecular formula is C21H30FNO3. The van der Waals surface area contributed by atoms with Crippen LogP contribution < -0.4 is 0 Å². The van der Waals surface area contributed by atoms with E-state index in [4.69, 9.17) is 9.47 Å². The van der Waals surface area contributed by atoms with Crippen LogP contribution in [0.25, 0.3) is 0 Å². The molecule has 3 rings (SSSR count). The third kappa shape index (κ3) is 4.76. The van der Waals surface area contributed by atoms with E-state index in [2.05, 4.69) is 37.3 Å². The van der Waals surface area contributed by atoms with Gasteiger partial charge in [-0.2, -0.15) is 0 Å². The Morgan fingerprint density at radius 2 is 1.88 bits per heavy atom. The molecule has 144 valence electrons. The number of ether oxygens (including phenoxy) is 2. The fourth-order valence-corrected chi connectivity index (χ4v) is 4.22. The van der Waals surface area contributed by atoms with E-state index < -0.39 is 12.8 Å². The van der Waals surface area contributed by atoms with Crippen LogP contribution in [0.2, 0.25) is 0 Å². The largest absolute Gasteiger partial charge is 0.447 e. The van der Waals surface area contributed by atoms with Gasteiger partial charge in [-0.3, -0.25) is 0 Å². The maximum atomic E-state index is 12.2. The van der Waals surface area contributed by atoms with Crippen molar-refractivity contribution in [3.05, 3.63) is 35.9 Å². The molecule has 1 saturated heterocycles. The van der Waals surface area contributed by atoms with Gasteiger partial charge in [-0.25, -0.2) is 9.18 Å². The average Bonchev–Trinajstić information content (AvgIpc) is 3.06. The van der Waals surface area contributed by atoms with Crippen molar-refractivity contribution >= 4 is 6.09 Å². The molecule has 1 aliphatic carbocycles. The molecule has 1 aromatic rings. The van der Waals surface area contributed by atoms with E-state index in [1.807, 2.05) is 0 Å². The summed E-state index contributed by atoms with van der Waals surface area (Å²) in [5, 5.41) is 0. The number of nitrogens with zero attached hydrogens (tertiary/aromatic N) is 1. The molecular weight excluding hydrogens is 333 g/mol. The van der Waals surface area contributed by atoms with Gasteiger partial charge in [0.05, 0.1) is 18.8 Å². The standard InChI is InChI=1S/C21H30FNO3/c1-16-11-13-23(21(24)25-14-12-22)20(16)15-26-19-9-7-18(8-10-19)17-5-3-2-4-6-17/h2-6,16,18-20H,7-15H2,1H3/t16-,18-,19+,20-/m0/s1.